The van der Waals surface area contributed by atoms with Crippen LogP contribution in [0.1, 0.15) is 20.8 Å². The predicted octanol–water partition coefficient (Wildman–Crippen LogP) is 5.32. The number of hydrogen-bond donors (Lipinski definition) is 2. The fraction of sp³-hybridized carbons (Fsp3) is 0. The van der Waals surface area contributed by atoms with Crippen LogP contribution in [0.15, 0.2) is 78.9 Å². The van der Waals surface area contributed by atoms with Crippen molar-refractivity contribution in [3.05, 3.63) is 101 Å². The van der Waals surface area contributed by atoms with Gasteiger partial charge in [-0.1, -0.05) is 35.9 Å². The average Bonchev–Trinajstić information content (AvgIpc) is 3.20. The standard InChI is InChI=1S/C25H16ClFN4O2/c26-21-4-2-1-3-18(21)25(33)29-16-9-5-14-6-12-19-22(24(28)32)30-31(23(19)20(14)13-16)17-10-7-15(27)8-11-17/h1-13H,(H2,28,32)(H,29,33). The van der Waals surface area contributed by atoms with Gasteiger partial charge in [0.25, 0.3) is 11.8 Å². The third-order valence-corrected chi connectivity index (χ3v) is 5.67. The van der Waals surface area contributed by atoms with Crippen LogP contribution in [0.2, 0.25) is 5.02 Å². The quantitative estimate of drug-likeness (QED) is 0.382. The van der Waals surface area contributed by atoms with Crippen molar-refractivity contribution < 1.29 is 14.0 Å². The molecular formula is C25H16ClFN4O2. The molecule has 0 bridgehead atoms. The molecule has 5 rings (SSSR count). The van der Waals surface area contributed by atoms with Crippen molar-refractivity contribution in [3.8, 4) is 5.69 Å². The van der Waals surface area contributed by atoms with E-state index in [0.29, 0.717) is 32.9 Å². The highest BCUT2D eigenvalue weighted by molar-refractivity contribution is 6.34. The van der Waals surface area contributed by atoms with Crippen LogP contribution >= 0.6 is 11.6 Å². The number of hydrogen-bond acceptors (Lipinski definition) is 3. The minimum absolute atomic E-state index is 0.0988. The lowest BCUT2D eigenvalue weighted by Gasteiger charge is -2.10. The molecule has 1 aromatic heterocycles. The molecule has 6 nitrogen and oxygen atoms in total. The van der Waals surface area contributed by atoms with Crippen LogP contribution in [0.4, 0.5) is 10.1 Å². The topological polar surface area (TPSA) is 90.0 Å². The van der Waals surface area contributed by atoms with Gasteiger partial charge < -0.3 is 11.1 Å². The van der Waals surface area contributed by atoms with Crippen molar-refractivity contribution in [3.63, 3.8) is 0 Å². The van der Waals surface area contributed by atoms with E-state index in [1.807, 2.05) is 12.1 Å². The summed E-state index contributed by atoms with van der Waals surface area (Å²) in [6.45, 7) is 0. The van der Waals surface area contributed by atoms with Crippen molar-refractivity contribution in [1.29, 1.82) is 0 Å². The molecule has 0 unspecified atom stereocenters. The molecule has 162 valence electrons. The molecule has 0 aliphatic carbocycles. The normalized spacial score (nSPS) is 11.1. The number of nitrogens with one attached hydrogen (secondary N) is 1. The molecule has 0 saturated carbocycles. The maximum Gasteiger partial charge on any atom is 0.269 e. The molecule has 0 saturated heterocycles. The van der Waals surface area contributed by atoms with Gasteiger partial charge in [0, 0.05) is 16.5 Å². The van der Waals surface area contributed by atoms with Crippen molar-refractivity contribution >= 4 is 50.8 Å². The third-order valence-electron chi connectivity index (χ3n) is 5.34. The van der Waals surface area contributed by atoms with Gasteiger partial charge in [-0.05, 0) is 60.0 Å². The van der Waals surface area contributed by atoms with Crippen LogP contribution in [0.25, 0.3) is 27.4 Å². The van der Waals surface area contributed by atoms with Crippen molar-refractivity contribution in [2.75, 3.05) is 5.32 Å². The second-order valence-corrected chi connectivity index (χ2v) is 7.84. The number of amides is 2. The Morgan fingerprint density at radius 2 is 1.67 bits per heavy atom. The Bertz CT molecular complexity index is 1560. The van der Waals surface area contributed by atoms with Crippen LogP contribution in [-0.2, 0) is 0 Å². The van der Waals surface area contributed by atoms with Gasteiger partial charge in [-0.2, -0.15) is 5.10 Å². The van der Waals surface area contributed by atoms with Crippen molar-refractivity contribution in [2.24, 2.45) is 5.73 Å². The number of aromatic nitrogens is 2. The largest absolute Gasteiger partial charge is 0.364 e. The highest BCUT2D eigenvalue weighted by Crippen LogP contribution is 2.32. The number of halogens is 2. The molecule has 8 heteroatoms. The smallest absolute Gasteiger partial charge is 0.269 e. The minimum Gasteiger partial charge on any atom is -0.364 e. The second kappa shape index (κ2) is 8.03. The molecule has 0 aliphatic rings. The summed E-state index contributed by atoms with van der Waals surface area (Å²) in [7, 11) is 0. The van der Waals surface area contributed by atoms with Gasteiger partial charge in [-0.3, -0.25) is 9.59 Å². The molecule has 5 aromatic rings. The lowest BCUT2D eigenvalue weighted by molar-refractivity contribution is 0.0994. The van der Waals surface area contributed by atoms with Crippen LogP contribution in [0.3, 0.4) is 0 Å². The summed E-state index contributed by atoms with van der Waals surface area (Å²) < 4.78 is 15.0. The van der Waals surface area contributed by atoms with Gasteiger partial charge in [-0.25, -0.2) is 9.07 Å². The Morgan fingerprint density at radius 3 is 2.39 bits per heavy atom. The van der Waals surface area contributed by atoms with E-state index in [-0.39, 0.29) is 17.4 Å². The highest BCUT2D eigenvalue weighted by atomic mass is 35.5. The maximum absolute atomic E-state index is 13.5. The van der Waals surface area contributed by atoms with Gasteiger partial charge >= 0.3 is 0 Å². The Kier molecular flexibility index (Phi) is 5.03. The van der Waals surface area contributed by atoms with E-state index in [4.69, 9.17) is 17.3 Å². The van der Waals surface area contributed by atoms with Crippen molar-refractivity contribution in [2.45, 2.75) is 0 Å². The van der Waals surface area contributed by atoms with E-state index in [0.717, 1.165) is 10.8 Å². The zero-order chi connectivity index (χ0) is 23.1. The monoisotopic (exact) mass is 458 g/mol. The summed E-state index contributed by atoms with van der Waals surface area (Å²) in [5.41, 5.74) is 7.73. The third kappa shape index (κ3) is 3.68. The lowest BCUT2D eigenvalue weighted by atomic mass is 10.0. The Labute approximate surface area is 192 Å². The van der Waals surface area contributed by atoms with Crippen LogP contribution < -0.4 is 11.1 Å². The fourth-order valence-electron chi connectivity index (χ4n) is 3.80. The first-order valence-electron chi connectivity index (χ1n) is 9.99. The highest BCUT2D eigenvalue weighted by Gasteiger charge is 2.19. The maximum atomic E-state index is 13.5. The number of carbonyl (C=O) groups excluding carboxylic acids is 2. The molecule has 33 heavy (non-hydrogen) atoms. The molecule has 0 fully saturated rings. The number of carbonyl (C=O) groups is 2. The summed E-state index contributed by atoms with van der Waals surface area (Å²) in [6.07, 6.45) is 0. The molecule has 0 atom stereocenters. The molecule has 0 radical (unpaired) electrons. The number of fused-ring (bicyclic) bond motifs is 3. The number of nitrogens with zero attached hydrogens (tertiary/aromatic N) is 2. The van der Waals surface area contributed by atoms with Gasteiger partial charge in [0.15, 0.2) is 5.69 Å². The summed E-state index contributed by atoms with van der Waals surface area (Å²) >= 11 is 6.15. The Hall–Kier alpha value is -4.23. The van der Waals surface area contributed by atoms with Gasteiger partial charge in [-0.15, -0.1) is 0 Å². The van der Waals surface area contributed by atoms with Crippen LogP contribution in [-0.4, -0.2) is 21.6 Å². The molecule has 3 N–H and O–H groups in total. The lowest BCUT2D eigenvalue weighted by Crippen LogP contribution is -2.12. The van der Waals surface area contributed by atoms with Crippen LogP contribution in [0, 0.1) is 5.82 Å². The Morgan fingerprint density at radius 1 is 0.939 bits per heavy atom. The first-order chi connectivity index (χ1) is 15.9. The van der Waals surface area contributed by atoms with E-state index < -0.39 is 5.91 Å². The molecule has 0 aliphatic heterocycles. The minimum atomic E-state index is -0.677. The van der Waals surface area contributed by atoms with Crippen LogP contribution in [0.5, 0.6) is 0 Å². The van der Waals surface area contributed by atoms with Gasteiger partial charge in [0.05, 0.1) is 21.8 Å². The SMILES string of the molecule is NC(=O)c1nn(-c2ccc(F)cc2)c2c1ccc1ccc(NC(=O)c3ccccc3Cl)cc12. The second-order valence-electron chi connectivity index (χ2n) is 7.43. The summed E-state index contributed by atoms with van der Waals surface area (Å²) in [4.78, 5) is 24.8. The Balaban J connectivity index is 1.69. The first kappa shape index (κ1) is 20.7. The predicted molar refractivity (Wildman–Crippen MR) is 126 cm³/mol. The first-order valence-corrected chi connectivity index (χ1v) is 10.4. The molecule has 2 amide bonds. The molecular weight excluding hydrogens is 443 g/mol. The summed E-state index contributed by atoms with van der Waals surface area (Å²) in [5.74, 6) is -1.42. The average molecular weight is 459 g/mol. The van der Waals surface area contributed by atoms with Crippen molar-refractivity contribution in [1.82, 2.24) is 9.78 Å². The van der Waals surface area contributed by atoms with E-state index in [2.05, 4.69) is 10.4 Å². The molecule has 0 spiro atoms. The number of anilines is 1. The summed E-state index contributed by atoms with van der Waals surface area (Å²) in [6, 6.07) is 21.6. The van der Waals surface area contributed by atoms with E-state index in [1.165, 1.54) is 12.1 Å². The van der Waals surface area contributed by atoms with Gasteiger partial charge in [0.1, 0.15) is 5.82 Å². The number of benzene rings is 4. The number of rotatable bonds is 4. The fourth-order valence-corrected chi connectivity index (χ4v) is 4.02. The zero-order valence-electron chi connectivity index (χ0n) is 17.0. The van der Waals surface area contributed by atoms with E-state index >= 15 is 0 Å². The zero-order valence-corrected chi connectivity index (χ0v) is 17.8. The van der Waals surface area contributed by atoms with E-state index in [1.54, 1.807) is 59.3 Å². The van der Waals surface area contributed by atoms with Gasteiger partial charge in [0.2, 0.25) is 0 Å². The molecule has 1 heterocycles. The summed E-state index contributed by atoms with van der Waals surface area (Å²) in [5, 5.41) is 9.75. The number of nitrogens with two attached hydrogens (primary N) is 1. The molecule has 4 aromatic carbocycles. The number of primary amides is 1. The van der Waals surface area contributed by atoms with E-state index in [9.17, 15) is 14.0 Å².